The molecule has 3 saturated carbocycles. The third kappa shape index (κ3) is 5.17. The maximum atomic E-state index is 17.6. The van der Waals surface area contributed by atoms with Gasteiger partial charge >= 0.3 is 17.9 Å². The molecule has 0 aliphatic heterocycles. The van der Waals surface area contributed by atoms with Crippen molar-refractivity contribution < 1.29 is 42.9 Å². The number of nitrogens with zero attached hydrogens (tertiary/aromatic N) is 1. The van der Waals surface area contributed by atoms with Gasteiger partial charge in [0.1, 0.15) is 11.8 Å². The standard InChI is InChI=1S/C37H36FNO8S/c1-22(40)46-29-19-23(9-12-30(29)48-26-7-5-4-6-8-26)32(43)47-36(33(44)45-18-17-39)16-14-27-28-11-10-24-20-25(41)13-15-34(24,2)37(28,38)31(42)21-35(27,36)3/h4-9,12-13,15,19-20,27-28,31,42H,10-11,14,16,18,21H2,1-3H3/t27-,28-,31-,34-,35-,36+,37?/m0/s1. The van der Waals surface area contributed by atoms with Gasteiger partial charge in [0.15, 0.2) is 18.1 Å². The third-order valence-corrected chi connectivity index (χ3v) is 12.1. The molecule has 0 radical (unpaired) electrons. The summed E-state index contributed by atoms with van der Waals surface area (Å²) >= 11 is 1.33. The largest absolute Gasteiger partial charge is 0.447 e. The lowest BCUT2D eigenvalue weighted by atomic mass is 9.45. The first kappa shape index (κ1) is 33.6. The number of nitriles is 1. The quantitative estimate of drug-likeness (QED) is 0.271. The van der Waals surface area contributed by atoms with E-state index in [1.54, 1.807) is 32.1 Å². The molecule has 48 heavy (non-hydrogen) atoms. The third-order valence-electron chi connectivity index (χ3n) is 11.0. The van der Waals surface area contributed by atoms with Gasteiger partial charge in [-0.2, -0.15) is 5.26 Å². The van der Waals surface area contributed by atoms with Crippen molar-refractivity contribution in [2.45, 2.75) is 80.0 Å². The molecule has 2 aromatic rings. The van der Waals surface area contributed by atoms with E-state index < -0.39 is 64.6 Å². The van der Waals surface area contributed by atoms with Gasteiger partial charge < -0.3 is 19.3 Å². The summed E-state index contributed by atoms with van der Waals surface area (Å²) in [4.78, 5) is 53.5. The number of ether oxygens (including phenoxy) is 3. The Morgan fingerprint density at radius 1 is 1.10 bits per heavy atom. The number of aliphatic hydroxyl groups excluding tert-OH is 1. The van der Waals surface area contributed by atoms with Crippen molar-refractivity contribution in [2.75, 3.05) is 6.61 Å². The number of esters is 3. The molecule has 0 heterocycles. The zero-order valence-corrected chi connectivity index (χ0v) is 27.7. The van der Waals surface area contributed by atoms with E-state index in [2.05, 4.69) is 0 Å². The second-order valence-corrected chi connectivity index (χ2v) is 14.5. The van der Waals surface area contributed by atoms with E-state index in [0.29, 0.717) is 23.3 Å². The van der Waals surface area contributed by atoms with Gasteiger partial charge in [-0.3, -0.25) is 9.59 Å². The van der Waals surface area contributed by atoms with Crippen LogP contribution in [0.3, 0.4) is 0 Å². The SMILES string of the molecule is CC(=O)Oc1cc(C(=O)O[C@@]2(C(=O)OCC#N)CC[C@H]3[C@@H]4CCC5=CC(=O)C=C[C@]5(C)C4(F)[C@@H](O)C[C@@]32C)ccc1Sc1ccccc1. The van der Waals surface area contributed by atoms with Crippen LogP contribution in [0.25, 0.3) is 0 Å². The first-order valence-electron chi connectivity index (χ1n) is 15.9. The highest BCUT2D eigenvalue weighted by Gasteiger charge is 2.76. The Kier molecular flexibility index (Phi) is 8.63. The molecule has 7 atom stereocenters. The van der Waals surface area contributed by atoms with E-state index in [-0.39, 0.29) is 36.4 Å². The zero-order valence-electron chi connectivity index (χ0n) is 26.9. The first-order valence-corrected chi connectivity index (χ1v) is 16.7. The normalized spacial score (nSPS) is 33.3. The first-order chi connectivity index (χ1) is 22.8. The molecule has 250 valence electrons. The number of halogens is 1. The zero-order chi connectivity index (χ0) is 34.5. The highest BCUT2D eigenvalue weighted by atomic mass is 32.2. The maximum Gasteiger partial charge on any atom is 0.352 e. The van der Waals surface area contributed by atoms with Gasteiger partial charge in [0.2, 0.25) is 5.60 Å². The van der Waals surface area contributed by atoms with E-state index in [1.807, 2.05) is 30.3 Å². The number of rotatable bonds is 7. The monoisotopic (exact) mass is 673 g/mol. The van der Waals surface area contributed by atoms with Gasteiger partial charge in [0.05, 0.1) is 16.6 Å². The van der Waals surface area contributed by atoms with Crippen LogP contribution in [0.5, 0.6) is 5.75 Å². The molecule has 2 aromatic carbocycles. The highest BCUT2D eigenvalue weighted by molar-refractivity contribution is 7.99. The molecule has 1 N–H and O–H groups in total. The Morgan fingerprint density at radius 3 is 2.56 bits per heavy atom. The number of benzene rings is 2. The number of allylic oxidation sites excluding steroid dienone is 4. The Balaban J connectivity index is 1.36. The van der Waals surface area contributed by atoms with Crippen LogP contribution in [0.4, 0.5) is 4.39 Å². The predicted octanol–water partition coefficient (Wildman–Crippen LogP) is 6.10. The molecule has 3 fully saturated rings. The van der Waals surface area contributed by atoms with E-state index in [0.717, 1.165) is 4.90 Å². The average Bonchev–Trinajstić information content (AvgIpc) is 3.33. The molecule has 6 rings (SSSR count). The van der Waals surface area contributed by atoms with Crippen LogP contribution in [0.1, 0.15) is 63.2 Å². The van der Waals surface area contributed by atoms with Crippen molar-refractivity contribution >= 4 is 35.5 Å². The molecule has 1 unspecified atom stereocenters. The number of aliphatic hydroxyl groups is 1. The molecule has 0 amide bonds. The van der Waals surface area contributed by atoms with Gasteiger partial charge in [0, 0.05) is 28.6 Å². The van der Waals surface area contributed by atoms with Crippen LogP contribution in [0.15, 0.2) is 82.1 Å². The average molecular weight is 674 g/mol. The minimum absolute atomic E-state index is 0.00340. The molecular formula is C37H36FNO8S. The number of hydrogen-bond acceptors (Lipinski definition) is 10. The van der Waals surface area contributed by atoms with E-state index in [9.17, 15) is 29.5 Å². The van der Waals surface area contributed by atoms with Crippen LogP contribution >= 0.6 is 11.8 Å². The number of carbonyl (C=O) groups is 4. The Hall–Kier alpha value is -4.27. The van der Waals surface area contributed by atoms with Gasteiger partial charge in [-0.05, 0) is 87.4 Å². The fourth-order valence-electron chi connectivity index (χ4n) is 8.74. The van der Waals surface area contributed by atoms with Gasteiger partial charge in [0.25, 0.3) is 0 Å². The second kappa shape index (κ2) is 12.3. The molecule has 0 bridgehead atoms. The number of carbonyl (C=O) groups excluding carboxylic acids is 4. The van der Waals surface area contributed by atoms with E-state index in [1.165, 1.54) is 43.0 Å². The molecule has 0 spiro atoms. The van der Waals surface area contributed by atoms with Crippen molar-refractivity contribution in [3.8, 4) is 11.8 Å². The maximum absolute atomic E-state index is 17.6. The molecular weight excluding hydrogens is 637 g/mol. The minimum atomic E-state index is -2.15. The Labute approximate surface area is 282 Å². The fourth-order valence-corrected chi connectivity index (χ4v) is 9.63. The number of ketones is 1. The Morgan fingerprint density at radius 2 is 1.85 bits per heavy atom. The number of hydrogen-bond donors (Lipinski definition) is 1. The lowest BCUT2D eigenvalue weighted by molar-refractivity contribution is -0.224. The summed E-state index contributed by atoms with van der Waals surface area (Å²) in [6.45, 7) is 4.06. The smallest absolute Gasteiger partial charge is 0.352 e. The van der Waals surface area contributed by atoms with Crippen LogP contribution in [0, 0.1) is 34.0 Å². The highest BCUT2D eigenvalue weighted by Crippen LogP contribution is 2.70. The summed E-state index contributed by atoms with van der Waals surface area (Å²) in [6.07, 6.45) is 3.53. The lowest BCUT2D eigenvalue weighted by Gasteiger charge is -2.62. The topological polar surface area (TPSA) is 140 Å². The van der Waals surface area contributed by atoms with Crippen molar-refractivity contribution in [3.05, 3.63) is 77.9 Å². The summed E-state index contributed by atoms with van der Waals surface area (Å²) in [5.74, 6) is -3.80. The molecule has 4 aliphatic carbocycles. The minimum Gasteiger partial charge on any atom is -0.447 e. The van der Waals surface area contributed by atoms with Crippen molar-refractivity contribution in [1.82, 2.24) is 0 Å². The van der Waals surface area contributed by atoms with Crippen LogP contribution in [-0.2, 0) is 23.9 Å². The summed E-state index contributed by atoms with van der Waals surface area (Å²) in [7, 11) is 0. The van der Waals surface area contributed by atoms with Crippen molar-refractivity contribution in [1.29, 1.82) is 5.26 Å². The van der Waals surface area contributed by atoms with Crippen molar-refractivity contribution in [3.63, 3.8) is 0 Å². The fraction of sp³-hybridized carbons (Fsp3) is 0.432. The number of fused-ring (bicyclic) bond motifs is 5. The summed E-state index contributed by atoms with van der Waals surface area (Å²) in [5.41, 5.74) is -6.00. The Bertz CT molecular complexity index is 1790. The van der Waals surface area contributed by atoms with E-state index >= 15 is 4.39 Å². The van der Waals surface area contributed by atoms with Crippen molar-refractivity contribution in [2.24, 2.45) is 22.7 Å². The molecule has 4 aliphatic rings. The van der Waals surface area contributed by atoms with E-state index in [4.69, 9.17) is 14.2 Å². The van der Waals surface area contributed by atoms with Crippen LogP contribution in [-0.4, -0.2) is 52.8 Å². The molecule has 0 aromatic heterocycles. The summed E-state index contributed by atoms with van der Waals surface area (Å²) < 4.78 is 34.6. The summed E-state index contributed by atoms with van der Waals surface area (Å²) in [5, 5.41) is 21.0. The van der Waals surface area contributed by atoms with Crippen LogP contribution < -0.4 is 4.74 Å². The molecule has 11 heteroatoms. The van der Waals surface area contributed by atoms with Crippen LogP contribution in [0.2, 0.25) is 0 Å². The lowest BCUT2D eigenvalue weighted by Crippen LogP contribution is -2.69. The summed E-state index contributed by atoms with van der Waals surface area (Å²) in [6, 6.07) is 15.6. The molecule has 0 saturated heterocycles. The second-order valence-electron chi connectivity index (χ2n) is 13.4. The van der Waals surface area contributed by atoms with Gasteiger partial charge in [-0.15, -0.1) is 0 Å². The van der Waals surface area contributed by atoms with Gasteiger partial charge in [-0.25, -0.2) is 14.0 Å². The molecule has 9 nitrogen and oxygen atoms in total. The predicted molar refractivity (Wildman–Crippen MR) is 171 cm³/mol. The van der Waals surface area contributed by atoms with Gasteiger partial charge in [-0.1, -0.05) is 48.5 Å². The number of alkyl halides is 1.